The Balaban J connectivity index is 2.17. The molecule has 6 unspecified atom stereocenters. The van der Waals surface area contributed by atoms with Crippen molar-refractivity contribution >= 4 is 5.97 Å². The van der Waals surface area contributed by atoms with Gasteiger partial charge in [0, 0.05) is 13.0 Å². The summed E-state index contributed by atoms with van der Waals surface area (Å²) in [6.45, 7) is 4.46. The van der Waals surface area contributed by atoms with Crippen LogP contribution in [0.3, 0.4) is 0 Å². The van der Waals surface area contributed by atoms with Gasteiger partial charge in [-0.1, -0.05) is 228 Å². The van der Waals surface area contributed by atoms with Gasteiger partial charge in [0.1, 0.15) is 30.5 Å². The monoisotopic (exact) mass is 985 g/mol. The van der Waals surface area contributed by atoms with Crippen LogP contribution in [-0.2, 0) is 23.7 Å². The molecule has 0 bridgehead atoms. The molecule has 1 aliphatic rings. The Labute approximate surface area is 429 Å². The van der Waals surface area contributed by atoms with Gasteiger partial charge in [-0.05, 0) is 83.5 Å². The first-order chi connectivity index (χ1) is 34.4. The lowest BCUT2D eigenvalue weighted by atomic mass is 9.99. The first kappa shape index (κ1) is 65.6. The Morgan fingerprint density at radius 1 is 0.471 bits per heavy atom. The highest BCUT2D eigenvalue weighted by molar-refractivity contribution is 5.69. The van der Waals surface area contributed by atoms with Crippen LogP contribution in [-0.4, -0.2) is 89.6 Å². The summed E-state index contributed by atoms with van der Waals surface area (Å²) in [6.07, 6.45) is 62.3. The SMILES string of the molecule is CC/C=C\C/C=C\C/C=C\C/C=C\C/C=C\CCCCCCCCCC(=O)OC(COCCCCCCCCCCCCCC/C=C\CCCCCCCCCC)COC1OC(CO)C(O)C(O)C1O. The minimum Gasteiger partial charge on any atom is -0.457 e. The second-order valence-electron chi connectivity index (χ2n) is 19.7. The number of allylic oxidation sites excluding steroid dienone is 12. The van der Waals surface area contributed by atoms with E-state index in [1.54, 1.807) is 0 Å². The van der Waals surface area contributed by atoms with Crippen LogP contribution < -0.4 is 0 Å². The lowest BCUT2D eigenvalue weighted by molar-refractivity contribution is -0.305. The molecular formula is C61H108O9. The van der Waals surface area contributed by atoms with E-state index in [1.807, 2.05) is 0 Å². The fourth-order valence-electron chi connectivity index (χ4n) is 8.63. The van der Waals surface area contributed by atoms with Crippen molar-refractivity contribution < 1.29 is 44.2 Å². The molecule has 4 N–H and O–H groups in total. The minimum absolute atomic E-state index is 0.120. The zero-order chi connectivity index (χ0) is 50.6. The highest BCUT2D eigenvalue weighted by atomic mass is 16.7. The molecule has 9 heteroatoms. The summed E-state index contributed by atoms with van der Waals surface area (Å²) >= 11 is 0. The average molecular weight is 986 g/mol. The molecule has 0 radical (unpaired) electrons. The summed E-state index contributed by atoms with van der Waals surface area (Å²) in [7, 11) is 0. The summed E-state index contributed by atoms with van der Waals surface area (Å²) in [5, 5.41) is 40.4. The van der Waals surface area contributed by atoms with E-state index in [0.717, 1.165) is 77.0 Å². The van der Waals surface area contributed by atoms with Crippen LogP contribution in [0.5, 0.6) is 0 Å². The Morgan fingerprint density at radius 3 is 1.33 bits per heavy atom. The molecular weight excluding hydrogens is 877 g/mol. The standard InChI is InChI=1S/C61H108O9/c1-3-5-7-9-11-13-15-17-19-21-23-25-27-29-31-33-35-37-39-41-43-45-47-49-51-67-53-55(54-68-61-60(66)59(65)58(64)56(52-62)70-61)69-57(63)50-48-46-44-42-40-38-36-34-32-30-28-26-24-22-20-18-16-14-12-10-8-6-4-2/h6,8,12,14,18,20-21,23-24,26,30,32,55-56,58-62,64-66H,3-5,7,9-11,13,15-17,19,22,25,27-29,31,33-54H2,1-2H3/b8-6-,14-12-,20-18-,23-21-,26-24-,32-30-. The third kappa shape index (κ3) is 41.1. The van der Waals surface area contributed by atoms with E-state index in [-0.39, 0.29) is 19.2 Å². The van der Waals surface area contributed by atoms with Crippen LogP contribution in [0.15, 0.2) is 72.9 Å². The molecule has 70 heavy (non-hydrogen) atoms. The second-order valence-corrected chi connectivity index (χ2v) is 19.7. The van der Waals surface area contributed by atoms with E-state index < -0.39 is 43.4 Å². The number of unbranched alkanes of at least 4 members (excludes halogenated alkanes) is 27. The molecule has 6 atom stereocenters. The zero-order valence-electron chi connectivity index (χ0n) is 45.0. The molecule has 0 aromatic carbocycles. The van der Waals surface area contributed by atoms with Gasteiger partial charge in [-0.15, -0.1) is 0 Å². The lowest BCUT2D eigenvalue weighted by Gasteiger charge is -2.39. The maximum atomic E-state index is 12.9. The molecule has 0 aromatic rings. The quantitative estimate of drug-likeness (QED) is 0.0267. The van der Waals surface area contributed by atoms with Crippen LogP contribution in [0.25, 0.3) is 0 Å². The normalized spacial score (nSPS) is 19.4. The van der Waals surface area contributed by atoms with Crippen molar-refractivity contribution in [1.29, 1.82) is 0 Å². The molecule has 1 saturated heterocycles. The second kappa shape index (κ2) is 51.5. The molecule has 0 amide bonds. The molecule has 9 nitrogen and oxygen atoms in total. The number of carbonyl (C=O) groups excluding carboxylic acids is 1. The van der Waals surface area contributed by atoms with Gasteiger partial charge in [-0.3, -0.25) is 4.79 Å². The van der Waals surface area contributed by atoms with Crippen molar-refractivity contribution in [3.8, 4) is 0 Å². The van der Waals surface area contributed by atoms with Gasteiger partial charge in [-0.2, -0.15) is 0 Å². The summed E-state index contributed by atoms with van der Waals surface area (Å²) in [5.74, 6) is -0.324. The summed E-state index contributed by atoms with van der Waals surface area (Å²) in [4.78, 5) is 12.9. The fraction of sp³-hybridized carbons (Fsp3) is 0.787. The highest BCUT2D eigenvalue weighted by Crippen LogP contribution is 2.23. The van der Waals surface area contributed by atoms with Crippen molar-refractivity contribution in [2.24, 2.45) is 0 Å². The predicted molar refractivity (Wildman–Crippen MR) is 293 cm³/mol. The molecule has 0 saturated carbocycles. The van der Waals surface area contributed by atoms with E-state index in [9.17, 15) is 25.2 Å². The van der Waals surface area contributed by atoms with Gasteiger partial charge >= 0.3 is 5.97 Å². The van der Waals surface area contributed by atoms with Crippen molar-refractivity contribution in [3.05, 3.63) is 72.9 Å². The zero-order valence-corrected chi connectivity index (χ0v) is 45.0. The largest absolute Gasteiger partial charge is 0.457 e. The Kier molecular flexibility index (Phi) is 48.3. The first-order valence-electron chi connectivity index (χ1n) is 29.0. The number of esters is 1. The number of ether oxygens (including phenoxy) is 4. The summed E-state index contributed by atoms with van der Waals surface area (Å²) in [6, 6.07) is 0. The van der Waals surface area contributed by atoms with Crippen LogP contribution in [0, 0.1) is 0 Å². The summed E-state index contributed by atoms with van der Waals surface area (Å²) < 4.78 is 23.0. The van der Waals surface area contributed by atoms with Gasteiger partial charge < -0.3 is 39.4 Å². The van der Waals surface area contributed by atoms with Crippen molar-refractivity contribution in [3.63, 3.8) is 0 Å². The topological polar surface area (TPSA) is 135 Å². The van der Waals surface area contributed by atoms with E-state index in [2.05, 4.69) is 86.8 Å². The van der Waals surface area contributed by atoms with E-state index in [1.165, 1.54) is 148 Å². The molecule has 1 heterocycles. The predicted octanol–water partition coefficient (Wildman–Crippen LogP) is 15.2. The smallest absolute Gasteiger partial charge is 0.306 e. The number of hydrogen-bond acceptors (Lipinski definition) is 9. The molecule has 406 valence electrons. The van der Waals surface area contributed by atoms with E-state index >= 15 is 0 Å². The third-order valence-corrected chi connectivity index (χ3v) is 13.1. The Morgan fingerprint density at radius 2 is 0.871 bits per heavy atom. The molecule has 1 fully saturated rings. The lowest BCUT2D eigenvalue weighted by Crippen LogP contribution is -2.59. The Bertz CT molecular complexity index is 1310. The maximum absolute atomic E-state index is 12.9. The van der Waals surface area contributed by atoms with Crippen LogP contribution in [0.1, 0.15) is 245 Å². The number of carbonyl (C=O) groups is 1. The van der Waals surface area contributed by atoms with Crippen LogP contribution in [0.4, 0.5) is 0 Å². The highest BCUT2D eigenvalue weighted by Gasteiger charge is 2.44. The van der Waals surface area contributed by atoms with Gasteiger partial charge in [-0.25, -0.2) is 0 Å². The average Bonchev–Trinajstić information content (AvgIpc) is 3.36. The van der Waals surface area contributed by atoms with E-state index in [0.29, 0.717) is 13.0 Å². The molecule has 0 aromatic heterocycles. The van der Waals surface area contributed by atoms with Gasteiger partial charge in [0.25, 0.3) is 0 Å². The van der Waals surface area contributed by atoms with Crippen LogP contribution >= 0.6 is 0 Å². The molecule has 0 aliphatic carbocycles. The van der Waals surface area contributed by atoms with Crippen molar-refractivity contribution in [1.82, 2.24) is 0 Å². The maximum Gasteiger partial charge on any atom is 0.306 e. The summed E-state index contributed by atoms with van der Waals surface area (Å²) in [5.41, 5.74) is 0. The van der Waals surface area contributed by atoms with Crippen molar-refractivity contribution in [2.45, 2.75) is 282 Å². The number of hydrogen-bond donors (Lipinski definition) is 4. The van der Waals surface area contributed by atoms with E-state index in [4.69, 9.17) is 18.9 Å². The first-order valence-corrected chi connectivity index (χ1v) is 29.0. The Hall–Kier alpha value is -2.37. The van der Waals surface area contributed by atoms with Gasteiger partial charge in [0.05, 0.1) is 19.8 Å². The molecule has 1 rings (SSSR count). The van der Waals surface area contributed by atoms with Crippen molar-refractivity contribution in [2.75, 3.05) is 26.4 Å². The van der Waals surface area contributed by atoms with Gasteiger partial charge in [0.2, 0.25) is 0 Å². The number of aliphatic hydroxyl groups is 4. The van der Waals surface area contributed by atoms with Gasteiger partial charge in [0.15, 0.2) is 6.29 Å². The molecule has 0 spiro atoms. The number of aliphatic hydroxyl groups excluding tert-OH is 4. The minimum atomic E-state index is -1.54. The third-order valence-electron chi connectivity index (χ3n) is 13.1. The fourth-order valence-corrected chi connectivity index (χ4v) is 8.63. The van der Waals surface area contributed by atoms with Crippen LogP contribution in [0.2, 0.25) is 0 Å². The molecule has 1 aliphatic heterocycles. The number of rotatable bonds is 50.